The Morgan fingerprint density at radius 2 is 2.20 bits per heavy atom. The van der Waals surface area contributed by atoms with Crippen LogP contribution < -0.4 is 5.73 Å². The molecule has 1 aromatic rings. The summed E-state index contributed by atoms with van der Waals surface area (Å²) < 4.78 is 0. The molecule has 0 aliphatic carbocycles. The normalized spacial score (nSPS) is 13.7. The molecule has 86 valence electrons. The van der Waals surface area contributed by atoms with Crippen LogP contribution in [-0.4, -0.2) is 25.0 Å². The molecule has 1 atom stereocenters. The van der Waals surface area contributed by atoms with Gasteiger partial charge in [0, 0.05) is 18.0 Å². The minimum atomic E-state index is 0.606. The summed E-state index contributed by atoms with van der Waals surface area (Å²) in [6, 6.07) is 4.30. The lowest BCUT2D eigenvalue weighted by molar-refractivity contribution is 0.236. The molecule has 3 heteroatoms. The first-order valence-electron chi connectivity index (χ1n) is 5.54. The highest BCUT2D eigenvalue weighted by Gasteiger charge is 2.14. The molecule has 0 aliphatic rings. The third kappa shape index (κ3) is 4.33. The zero-order chi connectivity index (χ0) is 11.3. The van der Waals surface area contributed by atoms with Crippen LogP contribution in [0.4, 0.5) is 0 Å². The smallest absolute Gasteiger partial charge is 0.0324 e. The van der Waals surface area contributed by atoms with Crippen LogP contribution in [0.2, 0.25) is 0 Å². The summed E-state index contributed by atoms with van der Waals surface area (Å²) in [7, 11) is 2.17. The molecule has 0 spiro atoms. The van der Waals surface area contributed by atoms with Crippen molar-refractivity contribution in [2.75, 3.05) is 20.1 Å². The van der Waals surface area contributed by atoms with E-state index in [-0.39, 0.29) is 0 Å². The highest BCUT2D eigenvalue weighted by molar-refractivity contribution is 7.09. The van der Waals surface area contributed by atoms with Gasteiger partial charge in [-0.15, -0.1) is 11.3 Å². The van der Waals surface area contributed by atoms with Gasteiger partial charge in [-0.3, -0.25) is 0 Å². The Labute approximate surface area is 97.1 Å². The van der Waals surface area contributed by atoms with Gasteiger partial charge in [0.15, 0.2) is 0 Å². The fourth-order valence-electron chi connectivity index (χ4n) is 1.69. The first-order valence-corrected chi connectivity index (χ1v) is 6.42. The molecule has 0 amide bonds. The molecule has 0 saturated heterocycles. The number of nitrogens with two attached hydrogens (primary N) is 1. The van der Waals surface area contributed by atoms with Crippen molar-refractivity contribution in [3.05, 3.63) is 22.4 Å². The van der Waals surface area contributed by atoms with E-state index in [2.05, 4.69) is 43.3 Å². The van der Waals surface area contributed by atoms with Crippen LogP contribution >= 0.6 is 11.3 Å². The van der Waals surface area contributed by atoms with Gasteiger partial charge in [-0.05, 0) is 36.9 Å². The number of nitrogens with zero attached hydrogens (tertiary/aromatic N) is 1. The summed E-state index contributed by atoms with van der Waals surface area (Å²) in [5, 5.41) is 2.13. The molecule has 2 nitrogen and oxygen atoms in total. The lowest BCUT2D eigenvalue weighted by Crippen LogP contribution is -2.32. The maximum absolute atomic E-state index is 5.77. The Kier molecular flexibility index (Phi) is 5.29. The van der Waals surface area contributed by atoms with Crippen molar-refractivity contribution in [2.24, 2.45) is 17.6 Å². The topological polar surface area (TPSA) is 29.3 Å². The molecule has 0 bridgehead atoms. The summed E-state index contributed by atoms with van der Waals surface area (Å²) >= 11 is 1.82. The van der Waals surface area contributed by atoms with Gasteiger partial charge < -0.3 is 10.6 Å². The van der Waals surface area contributed by atoms with Crippen molar-refractivity contribution in [1.82, 2.24) is 4.90 Å². The van der Waals surface area contributed by atoms with Crippen LogP contribution in [0.5, 0.6) is 0 Å². The van der Waals surface area contributed by atoms with Crippen LogP contribution in [0, 0.1) is 11.8 Å². The van der Waals surface area contributed by atoms with Gasteiger partial charge in [0.05, 0.1) is 0 Å². The van der Waals surface area contributed by atoms with Gasteiger partial charge in [0.2, 0.25) is 0 Å². The number of thiophene rings is 1. The molecular weight excluding hydrogens is 204 g/mol. The lowest BCUT2D eigenvalue weighted by Gasteiger charge is -2.25. The van der Waals surface area contributed by atoms with Gasteiger partial charge in [-0.2, -0.15) is 0 Å². The van der Waals surface area contributed by atoms with Crippen LogP contribution in [0.25, 0.3) is 0 Å². The van der Waals surface area contributed by atoms with Crippen molar-refractivity contribution in [3.8, 4) is 0 Å². The van der Waals surface area contributed by atoms with E-state index in [1.807, 2.05) is 11.3 Å². The van der Waals surface area contributed by atoms with Gasteiger partial charge in [0.1, 0.15) is 0 Å². The Balaban J connectivity index is 2.37. The van der Waals surface area contributed by atoms with Crippen molar-refractivity contribution >= 4 is 11.3 Å². The minimum Gasteiger partial charge on any atom is -0.330 e. The average molecular weight is 226 g/mol. The fourth-order valence-corrected chi connectivity index (χ4v) is 2.47. The third-order valence-electron chi connectivity index (χ3n) is 2.80. The van der Waals surface area contributed by atoms with E-state index in [9.17, 15) is 0 Å². The van der Waals surface area contributed by atoms with Crippen molar-refractivity contribution in [1.29, 1.82) is 0 Å². The zero-order valence-electron chi connectivity index (χ0n) is 9.94. The molecule has 0 saturated carbocycles. The van der Waals surface area contributed by atoms with Gasteiger partial charge in [0.25, 0.3) is 0 Å². The van der Waals surface area contributed by atoms with Crippen LogP contribution in [0.1, 0.15) is 18.7 Å². The van der Waals surface area contributed by atoms with E-state index < -0.39 is 0 Å². The Bertz CT molecular complexity index is 257. The molecule has 0 radical (unpaired) electrons. The number of hydrogen-bond acceptors (Lipinski definition) is 3. The largest absolute Gasteiger partial charge is 0.330 e. The summed E-state index contributed by atoms with van der Waals surface area (Å²) in [5.74, 6) is 1.27. The Morgan fingerprint density at radius 3 is 2.67 bits per heavy atom. The molecular formula is C12H22N2S. The van der Waals surface area contributed by atoms with Gasteiger partial charge in [-0.25, -0.2) is 0 Å². The summed E-state index contributed by atoms with van der Waals surface area (Å²) in [6.45, 7) is 7.41. The van der Waals surface area contributed by atoms with E-state index in [4.69, 9.17) is 5.73 Å². The van der Waals surface area contributed by atoms with Crippen molar-refractivity contribution < 1.29 is 0 Å². The second-order valence-corrected chi connectivity index (χ2v) is 5.55. The second kappa shape index (κ2) is 6.26. The maximum Gasteiger partial charge on any atom is 0.0324 e. The van der Waals surface area contributed by atoms with Crippen LogP contribution in [0.3, 0.4) is 0 Å². The van der Waals surface area contributed by atoms with Crippen LogP contribution in [-0.2, 0) is 6.54 Å². The quantitative estimate of drug-likeness (QED) is 0.807. The third-order valence-corrected chi connectivity index (χ3v) is 3.66. The molecule has 15 heavy (non-hydrogen) atoms. The average Bonchev–Trinajstić information content (AvgIpc) is 2.66. The summed E-state index contributed by atoms with van der Waals surface area (Å²) in [4.78, 5) is 3.79. The zero-order valence-corrected chi connectivity index (χ0v) is 10.8. The highest BCUT2D eigenvalue weighted by atomic mass is 32.1. The monoisotopic (exact) mass is 226 g/mol. The minimum absolute atomic E-state index is 0.606. The molecule has 0 aliphatic heterocycles. The number of hydrogen-bond donors (Lipinski definition) is 1. The lowest BCUT2D eigenvalue weighted by atomic mass is 9.95. The van der Waals surface area contributed by atoms with E-state index >= 15 is 0 Å². The highest BCUT2D eigenvalue weighted by Crippen LogP contribution is 2.14. The molecule has 2 N–H and O–H groups in total. The Morgan fingerprint density at radius 1 is 1.47 bits per heavy atom. The van der Waals surface area contributed by atoms with E-state index in [1.54, 1.807) is 0 Å². The first kappa shape index (κ1) is 12.7. The van der Waals surface area contributed by atoms with E-state index in [0.717, 1.165) is 19.6 Å². The second-order valence-electron chi connectivity index (χ2n) is 4.52. The van der Waals surface area contributed by atoms with Gasteiger partial charge in [-0.1, -0.05) is 19.9 Å². The fraction of sp³-hybridized carbons (Fsp3) is 0.667. The van der Waals surface area contributed by atoms with E-state index in [0.29, 0.717) is 11.8 Å². The maximum atomic E-state index is 5.77. The van der Waals surface area contributed by atoms with E-state index in [1.165, 1.54) is 4.88 Å². The molecule has 1 unspecified atom stereocenters. The van der Waals surface area contributed by atoms with Crippen molar-refractivity contribution in [3.63, 3.8) is 0 Å². The molecule has 0 aromatic carbocycles. The summed E-state index contributed by atoms with van der Waals surface area (Å²) in [5.41, 5.74) is 5.77. The SMILES string of the molecule is CC(C)C(CN)CN(C)Cc1cccs1. The van der Waals surface area contributed by atoms with Gasteiger partial charge >= 0.3 is 0 Å². The Hall–Kier alpha value is -0.380. The molecule has 1 aromatic heterocycles. The van der Waals surface area contributed by atoms with Crippen molar-refractivity contribution in [2.45, 2.75) is 20.4 Å². The first-order chi connectivity index (χ1) is 7.13. The van der Waals surface area contributed by atoms with Crippen LogP contribution in [0.15, 0.2) is 17.5 Å². The molecule has 0 fully saturated rings. The summed E-state index contributed by atoms with van der Waals surface area (Å²) in [6.07, 6.45) is 0. The molecule has 1 heterocycles. The molecule has 1 rings (SSSR count). The number of rotatable bonds is 6. The standard InChI is InChI=1S/C12H22N2S/c1-10(2)11(7-13)8-14(3)9-12-5-4-6-15-12/h4-6,10-11H,7-9,13H2,1-3H3. The predicted molar refractivity (Wildman–Crippen MR) is 68.0 cm³/mol. The predicted octanol–water partition coefficient (Wildman–Crippen LogP) is 2.41.